The summed E-state index contributed by atoms with van der Waals surface area (Å²) < 4.78 is 0. The molecule has 0 bridgehead atoms. The number of hydrogen-bond donors (Lipinski definition) is 0. The number of anilines is 1. The number of allylic oxidation sites excluding steroid dienone is 5. The second-order valence-electron chi connectivity index (χ2n) is 7.07. The van der Waals surface area contributed by atoms with E-state index in [0.29, 0.717) is 11.8 Å². The van der Waals surface area contributed by atoms with Crippen LogP contribution in [0.25, 0.3) is 6.08 Å². The first-order valence-electron chi connectivity index (χ1n) is 8.64. The van der Waals surface area contributed by atoms with Crippen molar-refractivity contribution < 1.29 is 0 Å². The second-order valence-corrected chi connectivity index (χ2v) is 7.07. The summed E-state index contributed by atoms with van der Waals surface area (Å²) in [6, 6.07) is 12.5. The molecule has 0 spiro atoms. The molecular formula is C22H25N3. The molecule has 0 saturated carbocycles. The molecule has 0 aliphatic heterocycles. The predicted molar refractivity (Wildman–Crippen MR) is 104 cm³/mol. The van der Waals surface area contributed by atoms with E-state index >= 15 is 0 Å². The van der Waals surface area contributed by atoms with Crippen LogP contribution in [-0.4, -0.2) is 14.1 Å². The van der Waals surface area contributed by atoms with Gasteiger partial charge in [0, 0.05) is 19.8 Å². The minimum atomic E-state index is 0.242. The van der Waals surface area contributed by atoms with Gasteiger partial charge >= 0.3 is 0 Å². The normalized spacial score (nSPS) is 17.2. The van der Waals surface area contributed by atoms with Crippen LogP contribution in [0.3, 0.4) is 0 Å². The number of benzene rings is 1. The van der Waals surface area contributed by atoms with Crippen molar-refractivity contribution in [3.63, 3.8) is 0 Å². The topological polar surface area (TPSA) is 50.8 Å². The van der Waals surface area contributed by atoms with Gasteiger partial charge in [-0.05, 0) is 53.5 Å². The van der Waals surface area contributed by atoms with E-state index in [0.717, 1.165) is 24.0 Å². The summed E-state index contributed by atoms with van der Waals surface area (Å²) in [5.74, 6) is 0.984. The highest BCUT2D eigenvalue weighted by Crippen LogP contribution is 2.35. The van der Waals surface area contributed by atoms with Crippen molar-refractivity contribution >= 4 is 11.8 Å². The molecule has 0 amide bonds. The Hall–Kier alpha value is -2.78. The van der Waals surface area contributed by atoms with E-state index in [9.17, 15) is 10.5 Å². The molecule has 1 atom stereocenters. The molecule has 0 radical (unpaired) electrons. The lowest BCUT2D eigenvalue weighted by atomic mass is 9.78. The van der Waals surface area contributed by atoms with Crippen LogP contribution in [0.4, 0.5) is 5.69 Å². The summed E-state index contributed by atoms with van der Waals surface area (Å²) in [5, 5.41) is 18.4. The van der Waals surface area contributed by atoms with Crippen molar-refractivity contribution in [1.29, 1.82) is 10.5 Å². The number of nitrogens with zero attached hydrogens (tertiary/aromatic N) is 3. The highest BCUT2D eigenvalue weighted by atomic mass is 15.1. The van der Waals surface area contributed by atoms with E-state index in [1.807, 2.05) is 32.3 Å². The van der Waals surface area contributed by atoms with Gasteiger partial charge in [0.2, 0.25) is 0 Å². The highest BCUT2D eigenvalue weighted by Gasteiger charge is 2.22. The second kappa shape index (κ2) is 8.36. The van der Waals surface area contributed by atoms with Crippen molar-refractivity contribution in [3.05, 3.63) is 58.7 Å². The van der Waals surface area contributed by atoms with E-state index in [1.165, 1.54) is 11.3 Å². The molecule has 25 heavy (non-hydrogen) atoms. The zero-order chi connectivity index (χ0) is 18.4. The van der Waals surface area contributed by atoms with Gasteiger partial charge in [-0.2, -0.15) is 10.5 Å². The molecule has 1 unspecified atom stereocenters. The van der Waals surface area contributed by atoms with Crippen LogP contribution in [0.2, 0.25) is 0 Å². The van der Waals surface area contributed by atoms with Gasteiger partial charge in [0.25, 0.3) is 0 Å². The Morgan fingerprint density at radius 3 is 2.24 bits per heavy atom. The molecule has 1 aliphatic rings. The molecule has 0 saturated heterocycles. The van der Waals surface area contributed by atoms with Crippen LogP contribution >= 0.6 is 0 Å². The Kier molecular flexibility index (Phi) is 6.20. The van der Waals surface area contributed by atoms with E-state index in [4.69, 9.17) is 0 Å². The van der Waals surface area contributed by atoms with Crippen molar-refractivity contribution in [3.8, 4) is 12.1 Å². The molecule has 0 N–H and O–H groups in total. The van der Waals surface area contributed by atoms with Crippen LogP contribution in [0.15, 0.2) is 53.1 Å². The first kappa shape index (κ1) is 18.6. The molecule has 0 heterocycles. The molecular weight excluding hydrogens is 306 g/mol. The maximum Gasteiger partial charge on any atom is 0.132 e. The minimum Gasteiger partial charge on any atom is -0.378 e. The quantitative estimate of drug-likeness (QED) is 0.721. The number of rotatable bonds is 4. The van der Waals surface area contributed by atoms with Crippen LogP contribution in [-0.2, 0) is 0 Å². The number of nitriles is 2. The van der Waals surface area contributed by atoms with Crippen LogP contribution in [0.5, 0.6) is 0 Å². The first-order valence-corrected chi connectivity index (χ1v) is 8.64. The third-order valence-electron chi connectivity index (χ3n) is 4.73. The van der Waals surface area contributed by atoms with Crippen molar-refractivity contribution in [2.45, 2.75) is 26.7 Å². The standard InChI is InChI=1S/C22H25N3/c1-16(2)19-11-18(12-20(13-19)21(14-23)15-24)6-5-17-7-9-22(10-8-17)25(3)4/h5-10,12,16,19H,11,13H2,1-4H3/b6-5+. The molecule has 1 aliphatic carbocycles. The van der Waals surface area contributed by atoms with Crippen LogP contribution in [0.1, 0.15) is 32.3 Å². The summed E-state index contributed by atoms with van der Waals surface area (Å²) in [4.78, 5) is 2.08. The van der Waals surface area contributed by atoms with Crippen molar-refractivity contribution in [2.75, 3.05) is 19.0 Å². The van der Waals surface area contributed by atoms with Crippen molar-refractivity contribution in [2.24, 2.45) is 11.8 Å². The number of hydrogen-bond acceptors (Lipinski definition) is 3. The Bertz CT molecular complexity index is 762. The summed E-state index contributed by atoms with van der Waals surface area (Å²) in [7, 11) is 4.05. The smallest absolute Gasteiger partial charge is 0.132 e. The molecule has 0 fully saturated rings. The summed E-state index contributed by atoms with van der Waals surface area (Å²) in [5.41, 5.74) is 4.61. The largest absolute Gasteiger partial charge is 0.378 e. The third-order valence-corrected chi connectivity index (χ3v) is 4.73. The van der Waals surface area contributed by atoms with Gasteiger partial charge in [0.1, 0.15) is 17.7 Å². The van der Waals surface area contributed by atoms with E-state index in [-0.39, 0.29) is 5.57 Å². The van der Waals surface area contributed by atoms with E-state index < -0.39 is 0 Å². The van der Waals surface area contributed by atoms with E-state index in [1.54, 1.807) is 0 Å². The van der Waals surface area contributed by atoms with Gasteiger partial charge in [-0.15, -0.1) is 0 Å². The van der Waals surface area contributed by atoms with Gasteiger partial charge in [-0.1, -0.05) is 44.2 Å². The van der Waals surface area contributed by atoms with Crippen LogP contribution in [0, 0.1) is 34.5 Å². The minimum absolute atomic E-state index is 0.242. The van der Waals surface area contributed by atoms with Gasteiger partial charge in [0.15, 0.2) is 0 Å². The lowest BCUT2D eigenvalue weighted by molar-refractivity contribution is 0.375. The lowest BCUT2D eigenvalue weighted by Gasteiger charge is -2.26. The third kappa shape index (κ3) is 4.85. The maximum atomic E-state index is 9.19. The Morgan fingerprint density at radius 2 is 1.72 bits per heavy atom. The van der Waals surface area contributed by atoms with Crippen LogP contribution < -0.4 is 4.90 Å². The molecule has 3 heteroatoms. The Labute approximate surface area is 151 Å². The fourth-order valence-electron chi connectivity index (χ4n) is 3.02. The maximum absolute atomic E-state index is 9.19. The fraction of sp³-hybridized carbons (Fsp3) is 0.364. The molecule has 2 rings (SSSR count). The highest BCUT2D eigenvalue weighted by molar-refractivity contribution is 5.59. The molecule has 1 aromatic carbocycles. The molecule has 3 nitrogen and oxygen atoms in total. The predicted octanol–water partition coefficient (Wildman–Crippen LogP) is 5.10. The Balaban J connectivity index is 2.28. The van der Waals surface area contributed by atoms with E-state index in [2.05, 4.69) is 55.2 Å². The first-order chi connectivity index (χ1) is 11.9. The Morgan fingerprint density at radius 1 is 1.08 bits per heavy atom. The van der Waals surface area contributed by atoms with Gasteiger partial charge in [-0.3, -0.25) is 0 Å². The van der Waals surface area contributed by atoms with Gasteiger partial charge in [-0.25, -0.2) is 0 Å². The summed E-state index contributed by atoms with van der Waals surface area (Å²) in [6.45, 7) is 4.40. The lowest BCUT2D eigenvalue weighted by Crippen LogP contribution is -2.14. The van der Waals surface area contributed by atoms with Crippen molar-refractivity contribution in [1.82, 2.24) is 0 Å². The fourth-order valence-corrected chi connectivity index (χ4v) is 3.02. The average Bonchev–Trinajstić information content (AvgIpc) is 2.61. The summed E-state index contributed by atoms with van der Waals surface area (Å²) in [6.07, 6.45) is 8.03. The zero-order valence-electron chi connectivity index (χ0n) is 15.5. The summed E-state index contributed by atoms with van der Waals surface area (Å²) >= 11 is 0. The van der Waals surface area contributed by atoms with Gasteiger partial charge < -0.3 is 4.90 Å². The zero-order valence-corrected chi connectivity index (χ0v) is 15.5. The average molecular weight is 331 g/mol. The molecule has 128 valence electrons. The molecule has 1 aromatic rings. The molecule has 0 aromatic heterocycles. The van der Waals surface area contributed by atoms with Gasteiger partial charge in [0.05, 0.1) is 0 Å². The SMILES string of the molecule is CC(C)C1CC(/C=C/c2ccc(N(C)C)cc2)=CC(=C(C#N)C#N)C1. The monoisotopic (exact) mass is 331 g/mol.